The van der Waals surface area contributed by atoms with Gasteiger partial charge in [-0.2, -0.15) is 0 Å². The molecule has 0 saturated heterocycles. The molecule has 0 aliphatic heterocycles. The SMILES string of the molecule is Cc1cc(C)cc(OCCc2nccn2C)c1. The van der Waals surface area contributed by atoms with Crippen molar-refractivity contribution in [1.82, 2.24) is 9.55 Å². The summed E-state index contributed by atoms with van der Waals surface area (Å²) in [5.41, 5.74) is 2.47. The predicted octanol–water partition coefficient (Wildman–Crippen LogP) is 2.66. The van der Waals surface area contributed by atoms with Crippen molar-refractivity contribution in [3.8, 4) is 5.75 Å². The average Bonchev–Trinajstić information content (AvgIpc) is 2.63. The van der Waals surface area contributed by atoms with Crippen LogP contribution in [0.3, 0.4) is 0 Å². The summed E-state index contributed by atoms with van der Waals surface area (Å²) in [7, 11) is 2.00. The Hall–Kier alpha value is -1.77. The van der Waals surface area contributed by atoms with E-state index < -0.39 is 0 Å². The van der Waals surface area contributed by atoms with E-state index in [9.17, 15) is 0 Å². The van der Waals surface area contributed by atoms with E-state index in [1.807, 2.05) is 24.0 Å². The monoisotopic (exact) mass is 230 g/mol. The number of hydrogen-bond donors (Lipinski definition) is 0. The number of aromatic nitrogens is 2. The molecule has 3 nitrogen and oxygen atoms in total. The molecule has 0 fully saturated rings. The summed E-state index contributed by atoms with van der Waals surface area (Å²) >= 11 is 0. The van der Waals surface area contributed by atoms with Crippen LogP contribution >= 0.6 is 0 Å². The molecular weight excluding hydrogens is 212 g/mol. The van der Waals surface area contributed by atoms with E-state index in [4.69, 9.17) is 4.74 Å². The number of benzene rings is 1. The molecule has 0 spiro atoms. The minimum atomic E-state index is 0.660. The predicted molar refractivity (Wildman–Crippen MR) is 68.3 cm³/mol. The molecule has 0 saturated carbocycles. The second kappa shape index (κ2) is 5.04. The summed E-state index contributed by atoms with van der Waals surface area (Å²) in [6.45, 7) is 4.82. The van der Waals surface area contributed by atoms with E-state index in [1.165, 1.54) is 11.1 Å². The minimum Gasteiger partial charge on any atom is -0.493 e. The molecule has 0 N–H and O–H groups in total. The van der Waals surface area contributed by atoms with Gasteiger partial charge in [-0.25, -0.2) is 4.98 Å². The Kier molecular flexibility index (Phi) is 3.47. The zero-order valence-corrected chi connectivity index (χ0v) is 10.6. The molecule has 0 bridgehead atoms. The zero-order valence-electron chi connectivity index (χ0n) is 10.6. The highest BCUT2D eigenvalue weighted by Crippen LogP contribution is 2.16. The number of nitrogens with zero attached hydrogens (tertiary/aromatic N) is 2. The number of aryl methyl sites for hydroxylation is 3. The van der Waals surface area contributed by atoms with Gasteiger partial charge in [0.1, 0.15) is 11.6 Å². The summed E-state index contributed by atoms with van der Waals surface area (Å²) in [6.07, 6.45) is 4.59. The van der Waals surface area contributed by atoms with Crippen LogP contribution in [-0.4, -0.2) is 16.2 Å². The first-order valence-electron chi connectivity index (χ1n) is 5.82. The van der Waals surface area contributed by atoms with Crippen molar-refractivity contribution in [2.24, 2.45) is 7.05 Å². The fourth-order valence-corrected chi connectivity index (χ4v) is 1.91. The van der Waals surface area contributed by atoms with E-state index in [0.717, 1.165) is 18.0 Å². The minimum absolute atomic E-state index is 0.660. The summed E-state index contributed by atoms with van der Waals surface area (Å²) in [5.74, 6) is 1.99. The second-order valence-corrected chi connectivity index (χ2v) is 4.38. The van der Waals surface area contributed by atoms with Gasteiger partial charge in [0, 0.05) is 25.9 Å². The normalized spacial score (nSPS) is 10.5. The van der Waals surface area contributed by atoms with Crippen LogP contribution in [0.25, 0.3) is 0 Å². The smallest absolute Gasteiger partial charge is 0.119 e. The number of imidazole rings is 1. The molecule has 0 aliphatic carbocycles. The molecule has 0 radical (unpaired) electrons. The lowest BCUT2D eigenvalue weighted by atomic mass is 10.1. The van der Waals surface area contributed by atoms with Crippen LogP contribution in [0.2, 0.25) is 0 Å². The Morgan fingerprint density at radius 3 is 2.47 bits per heavy atom. The molecule has 0 atom stereocenters. The molecule has 2 aromatic rings. The topological polar surface area (TPSA) is 27.1 Å². The van der Waals surface area contributed by atoms with Crippen molar-refractivity contribution in [3.63, 3.8) is 0 Å². The summed E-state index contributed by atoms with van der Waals surface area (Å²) in [6, 6.07) is 6.27. The van der Waals surface area contributed by atoms with Gasteiger partial charge in [0.25, 0.3) is 0 Å². The largest absolute Gasteiger partial charge is 0.493 e. The molecule has 1 aromatic carbocycles. The lowest BCUT2D eigenvalue weighted by Crippen LogP contribution is -2.06. The third-order valence-corrected chi connectivity index (χ3v) is 2.71. The van der Waals surface area contributed by atoms with Crippen molar-refractivity contribution >= 4 is 0 Å². The van der Waals surface area contributed by atoms with Crippen molar-refractivity contribution < 1.29 is 4.74 Å². The Balaban J connectivity index is 1.92. The zero-order chi connectivity index (χ0) is 12.3. The molecule has 1 aromatic heterocycles. The van der Waals surface area contributed by atoms with Gasteiger partial charge in [-0.1, -0.05) is 6.07 Å². The van der Waals surface area contributed by atoms with Gasteiger partial charge in [-0.05, 0) is 37.1 Å². The molecule has 1 heterocycles. The van der Waals surface area contributed by atoms with Crippen molar-refractivity contribution in [2.75, 3.05) is 6.61 Å². The molecule has 2 rings (SSSR count). The summed E-state index contributed by atoms with van der Waals surface area (Å²) in [4.78, 5) is 4.27. The van der Waals surface area contributed by atoms with Crippen LogP contribution in [0.15, 0.2) is 30.6 Å². The quantitative estimate of drug-likeness (QED) is 0.807. The third kappa shape index (κ3) is 3.09. The maximum Gasteiger partial charge on any atom is 0.119 e. The van der Waals surface area contributed by atoms with Gasteiger partial charge < -0.3 is 9.30 Å². The van der Waals surface area contributed by atoms with Crippen LogP contribution in [0, 0.1) is 13.8 Å². The molecule has 90 valence electrons. The highest BCUT2D eigenvalue weighted by atomic mass is 16.5. The maximum atomic E-state index is 5.74. The third-order valence-electron chi connectivity index (χ3n) is 2.71. The summed E-state index contributed by atoms with van der Waals surface area (Å²) in [5, 5.41) is 0. The van der Waals surface area contributed by atoms with Crippen molar-refractivity contribution in [2.45, 2.75) is 20.3 Å². The lowest BCUT2D eigenvalue weighted by Gasteiger charge is -2.08. The standard InChI is InChI=1S/C14H18N2O/c1-11-8-12(2)10-13(9-11)17-7-4-14-15-5-6-16(14)3/h5-6,8-10H,4,7H2,1-3H3. The highest BCUT2D eigenvalue weighted by molar-refractivity contribution is 5.32. The molecular formula is C14H18N2O. The first-order chi connectivity index (χ1) is 8.15. The van der Waals surface area contributed by atoms with Crippen LogP contribution in [0.1, 0.15) is 17.0 Å². The van der Waals surface area contributed by atoms with Crippen molar-refractivity contribution in [1.29, 1.82) is 0 Å². The van der Waals surface area contributed by atoms with E-state index in [2.05, 4.69) is 37.0 Å². The van der Waals surface area contributed by atoms with E-state index in [1.54, 1.807) is 0 Å². The highest BCUT2D eigenvalue weighted by Gasteiger charge is 2.01. The number of rotatable bonds is 4. The van der Waals surface area contributed by atoms with Crippen LogP contribution in [-0.2, 0) is 13.5 Å². The van der Waals surface area contributed by atoms with Gasteiger partial charge in [0.15, 0.2) is 0 Å². The van der Waals surface area contributed by atoms with E-state index in [-0.39, 0.29) is 0 Å². The van der Waals surface area contributed by atoms with E-state index in [0.29, 0.717) is 6.61 Å². The first-order valence-corrected chi connectivity index (χ1v) is 5.82. The van der Waals surface area contributed by atoms with Gasteiger partial charge in [0.2, 0.25) is 0 Å². The fraction of sp³-hybridized carbons (Fsp3) is 0.357. The molecule has 17 heavy (non-hydrogen) atoms. The Morgan fingerprint density at radius 2 is 1.88 bits per heavy atom. The molecule has 3 heteroatoms. The Labute approximate surface area is 102 Å². The first kappa shape index (κ1) is 11.7. The number of hydrogen-bond acceptors (Lipinski definition) is 2. The van der Waals surface area contributed by atoms with Gasteiger partial charge in [-0.15, -0.1) is 0 Å². The van der Waals surface area contributed by atoms with Gasteiger partial charge >= 0.3 is 0 Å². The lowest BCUT2D eigenvalue weighted by molar-refractivity contribution is 0.317. The molecule has 0 amide bonds. The second-order valence-electron chi connectivity index (χ2n) is 4.38. The molecule has 0 aliphatic rings. The number of ether oxygens (including phenoxy) is 1. The molecule has 0 unspecified atom stereocenters. The van der Waals surface area contributed by atoms with Gasteiger partial charge in [0.05, 0.1) is 6.61 Å². The Morgan fingerprint density at radius 1 is 1.18 bits per heavy atom. The van der Waals surface area contributed by atoms with Crippen LogP contribution < -0.4 is 4.74 Å². The van der Waals surface area contributed by atoms with Crippen LogP contribution in [0.4, 0.5) is 0 Å². The summed E-state index contributed by atoms with van der Waals surface area (Å²) < 4.78 is 7.76. The van der Waals surface area contributed by atoms with Crippen LogP contribution in [0.5, 0.6) is 5.75 Å². The van der Waals surface area contributed by atoms with E-state index >= 15 is 0 Å². The average molecular weight is 230 g/mol. The van der Waals surface area contributed by atoms with Gasteiger partial charge in [-0.3, -0.25) is 0 Å². The maximum absolute atomic E-state index is 5.74. The van der Waals surface area contributed by atoms with Crippen molar-refractivity contribution in [3.05, 3.63) is 47.5 Å². The Bertz CT molecular complexity index is 482. The fourth-order valence-electron chi connectivity index (χ4n) is 1.91.